The second-order valence-corrected chi connectivity index (χ2v) is 6.82. The normalized spacial score (nSPS) is 11.4. The molecule has 0 amide bonds. The standard InChI is InChI=1S/C20H18N2O6S/c23-20(24)11-22(14-29(25)26)16-6-8-17(9-7-16)28-19(18-12-27-13-21-18)10-15-4-2-1-3-5-15/h1-9,12-14,19H,10-11H2,(H,23,24). The first-order chi connectivity index (χ1) is 14.0. The first-order valence-electron chi connectivity index (χ1n) is 8.61. The fourth-order valence-electron chi connectivity index (χ4n) is 2.74. The zero-order chi connectivity index (χ0) is 20.6. The van der Waals surface area contributed by atoms with Gasteiger partial charge in [0, 0.05) is 12.1 Å². The van der Waals surface area contributed by atoms with E-state index in [9.17, 15) is 13.2 Å². The van der Waals surface area contributed by atoms with Crippen molar-refractivity contribution in [2.45, 2.75) is 12.5 Å². The third kappa shape index (κ3) is 5.94. The van der Waals surface area contributed by atoms with Crippen LogP contribution in [0, 0.1) is 0 Å². The van der Waals surface area contributed by atoms with E-state index in [0.717, 1.165) is 16.0 Å². The van der Waals surface area contributed by atoms with Crippen molar-refractivity contribution in [3.05, 3.63) is 78.5 Å². The first kappa shape index (κ1) is 20.2. The van der Waals surface area contributed by atoms with Gasteiger partial charge in [-0.25, -0.2) is 4.98 Å². The van der Waals surface area contributed by atoms with Gasteiger partial charge in [0.25, 0.3) is 0 Å². The van der Waals surface area contributed by atoms with Crippen LogP contribution in [0.25, 0.3) is 0 Å². The van der Waals surface area contributed by atoms with E-state index < -0.39 is 28.9 Å². The van der Waals surface area contributed by atoms with Crippen LogP contribution in [0.2, 0.25) is 0 Å². The first-order valence-corrected chi connectivity index (χ1v) is 9.75. The molecular weight excluding hydrogens is 396 g/mol. The smallest absolute Gasteiger partial charge is 0.323 e. The molecule has 2 aromatic carbocycles. The van der Waals surface area contributed by atoms with E-state index in [2.05, 4.69) is 4.98 Å². The number of ether oxygens (including phenoxy) is 1. The summed E-state index contributed by atoms with van der Waals surface area (Å²) in [4.78, 5) is 16.3. The summed E-state index contributed by atoms with van der Waals surface area (Å²) in [6.45, 7) is -0.482. The maximum atomic E-state index is 11.0. The van der Waals surface area contributed by atoms with Crippen LogP contribution in [-0.2, 0) is 21.5 Å². The van der Waals surface area contributed by atoms with Crippen molar-refractivity contribution >= 4 is 27.4 Å². The van der Waals surface area contributed by atoms with Crippen LogP contribution < -0.4 is 9.64 Å². The molecule has 9 heteroatoms. The van der Waals surface area contributed by atoms with Crippen molar-refractivity contribution in [2.24, 2.45) is 0 Å². The lowest BCUT2D eigenvalue weighted by molar-refractivity contribution is -0.135. The molecule has 0 spiro atoms. The largest absolute Gasteiger partial charge is 0.484 e. The Morgan fingerprint density at radius 2 is 1.90 bits per heavy atom. The molecule has 150 valence electrons. The highest BCUT2D eigenvalue weighted by molar-refractivity contribution is 7.71. The van der Waals surface area contributed by atoms with Gasteiger partial charge in [-0.05, 0) is 29.8 Å². The van der Waals surface area contributed by atoms with E-state index >= 15 is 0 Å². The van der Waals surface area contributed by atoms with Gasteiger partial charge in [0.15, 0.2) is 6.39 Å². The van der Waals surface area contributed by atoms with Crippen molar-refractivity contribution < 1.29 is 27.5 Å². The monoisotopic (exact) mass is 414 g/mol. The van der Waals surface area contributed by atoms with E-state index in [1.807, 2.05) is 30.3 Å². The van der Waals surface area contributed by atoms with Crippen LogP contribution in [0.15, 0.2) is 71.7 Å². The number of hydrogen-bond acceptors (Lipinski definition) is 6. The van der Waals surface area contributed by atoms with Gasteiger partial charge in [0.1, 0.15) is 35.8 Å². The molecule has 0 bridgehead atoms. The predicted octanol–water partition coefficient (Wildman–Crippen LogP) is 2.57. The number of carboxylic acid groups (broad SMARTS) is 1. The molecule has 1 N–H and O–H groups in total. The average Bonchev–Trinajstić information content (AvgIpc) is 3.22. The van der Waals surface area contributed by atoms with Crippen molar-refractivity contribution in [1.82, 2.24) is 4.98 Å². The summed E-state index contributed by atoms with van der Waals surface area (Å²) in [5, 5.41) is 8.97. The minimum Gasteiger partial charge on any atom is -0.484 e. The number of benzene rings is 2. The Balaban J connectivity index is 1.80. The van der Waals surface area contributed by atoms with Crippen molar-refractivity contribution in [2.75, 3.05) is 11.4 Å². The van der Waals surface area contributed by atoms with Crippen LogP contribution in [0.4, 0.5) is 5.69 Å². The fraction of sp³-hybridized carbons (Fsp3) is 0.150. The van der Waals surface area contributed by atoms with E-state index in [4.69, 9.17) is 14.3 Å². The van der Waals surface area contributed by atoms with Crippen LogP contribution >= 0.6 is 0 Å². The lowest BCUT2D eigenvalue weighted by atomic mass is 10.1. The van der Waals surface area contributed by atoms with E-state index in [1.54, 1.807) is 24.3 Å². The Kier molecular flexibility index (Phi) is 6.64. The zero-order valence-corrected chi connectivity index (χ0v) is 16.0. The summed E-state index contributed by atoms with van der Waals surface area (Å²) in [7, 11) is -2.53. The summed E-state index contributed by atoms with van der Waals surface area (Å²) in [5.41, 5.74) is 2.93. The van der Waals surface area contributed by atoms with Gasteiger partial charge in [-0.2, -0.15) is 8.42 Å². The molecule has 0 saturated heterocycles. The van der Waals surface area contributed by atoms with Gasteiger partial charge < -0.3 is 19.2 Å². The SMILES string of the molecule is O=C(O)CN(C=S(=O)=O)c1ccc(OC(Cc2ccccc2)c2cocn2)cc1. The van der Waals surface area contributed by atoms with Gasteiger partial charge >= 0.3 is 5.97 Å². The molecule has 0 radical (unpaired) electrons. The van der Waals surface area contributed by atoms with E-state index in [1.165, 1.54) is 12.7 Å². The molecule has 0 fully saturated rings. The molecule has 0 aliphatic rings. The highest BCUT2D eigenvalue weighted by Gasteiger charge is 2.18. The second-order valence-electron chi connectivity index (χ2n) is 6.09. The summed E-state index contributed by atoms with van der Waals surface area (Å²) < 4.78 is 33.1. The number of carboxylic acids is 1. The summed E-state index contributed by atoms with van der Waals surface area (Å²) >= 11 is 0. The highest BCUT2D eigenvalue weighted by atomic mass is 32.2. The van der Waals surface area contributed by atoms with Crippen LogP contribution in [0.3, 0.4) is 0 Å². The number of nitrogens with zero attached hydrogens (tertiary/aromatic N) is 2. The number of hydrogen-bond donors (Lipinski definition) is 1. The maximum absolute atomic E-state index is 11.0. The third-order valence-corrected chi connectivity index (χ3v) is 4.44. The topological polar surface area (TPSA) is 110 Å². The third-order valence-electron chi connectivity index (χ3n) is 4.01. The molecule has 1 heterocycles. The summed E-state index contributed by atoms with van der Waals surface area (Å²) in [6, 6.07) is 16.3. The Hall–Kier alpha value is -3.59. The molecular formula is C20H18N2O6S. The van der Waals surface area contributed by atoms with Gasteiger partial charge in [-0.3, -0.25) is 4.79 Å². The molecule has 1 atom stereocenters. The molecule has 3 aromatic rings. The number of aliphatic carboxylic acids is 1. The molecule has 8 nitrogen and oxygen atoms in total. The van der Waals surface area contributed by atoms with Crippen molar-refractivity contribution in [3.8, 4) is 5.75 Å². The Labute approximate surface area is 168 Å². The molecule has 0 aliphatic heterocycles. The van der Waals surface area contributed by atoms with Crippen molar-refractivity contribution in [3.63, 3.8) is 0 Å². The number of rotatable bonds is 9. The minimum atomic E-state index is -2.53. The van der Waals surface area contributed by atoms with Crippen LogP contribution in [0.5, 0.6) is 5.75 Å². The predicted molar refractivity (Wildman–Crippen MR) is 106 cm³/mol. The van der Waals surface area contributed by atoms with Gasteiger partial charge in [-0.1, -0.05) is 30.3 Å². The lowest BCUT2D eigenvalue weighted by Gasteiger charge is -2.19. The summed E-state index contributed by atoms with van der Waals surface area (Å²) in [5.74, 6) is -0.628. The number of anilines is 1. The van der Waals surface area contributed by atoms with Gasteiger partial charge in [0.05, 0.1) is 0 Å². The molecule has 3 rings (SSSR count). The molecule has 0 saturated carbocycles. The quantitative estimate of drug-likeness (QED) is 0.532. The van der Waals surface area contributed by atoms with Crippen LogP contribution in [-0.4, -0.2) is 36.5 Å². The molecule has 0 aliphatic carbocycles. The lowest BCUT2D eigenvalue weighted by Crippen LogP contribution is -2.28. The zero-order valence-electron chi connectivity index (χ0n) is 15.2. The second kappa shape index (κ2) is 9.56. The Morgan fingerprint density at radius 1 is 1.17 bits per heavy atom. The van der Waals surface area contributed by atoms with E-state index in [0.29, 0.717) is 23.6 Å². The molecule has 29 heavy (non-hydrogen) atoms. The van der Waals surface area contributed by atoms with Crippen LogP contribution in [0.1, 0.15) is 17.4 Å². The number of oxazole rings is 1. The average molecular weight is 414 g/mol. The Bertz CT molecular complexity index is 1060. The van der Waals surface area contributed by atoms with E-state index in [-0.39, 0.29) is 0 Å². The molecule has 1 unspecified atom stereocenters. The minimum absolute atomic E-state index is 0.391. The summed E-state index contributed by atoms with van der Waals surface area (Å²) in [6.07, 6.45) is 3.04. The molecule has 1 aromatic heterocycles. The number of carbonyl (C=O) groups is 1. The maximum Gasteiger partial charge on any atom is 0.323 e. The van der Waals surface area contributed by atoms with Gasteiger partial charge in [-0.15, -0.1) is 0 Å². The number of aromatic nitrogens is 1. The Morgan fingerprint density at radius 3 is 2.48 bits per heavy atom. The van der Waals surface area contributed by atoms with Crippen molar-refractivity contribution in [1.29, 1.82) is 0 Å². The fourth-order valence-corrected chi connectivity index (χ4v) is 3.14. The van der Waals surface area contributed by atoms with Gasteiger partial charge in [0.2, 0.25) is 10.3 Å². The highest BCUT2D eigenvalue weighted by Crippen LogP contribution is 2.26.